The lowest BCUT2D eigenvalue weighted by Gasteiger charge is -2.18. The van der Waals surface area contributed by atoms with Gasteiger partial charge in [0.25, 0.3) is 0 Å². The molecule has 0 aliphatic heterocycles. The van der Waals surface area contributed by atoms with Crippen molar-refractivity contribution in [1.82, 2.24) is 10.6 Å². The molecule has 0 aromatic heterocycles. The second kappa shape index (κ2) is 29.0. The highest BCUT2D eigenvalue weighted by molar-refractivity contribution is 5.93. The van der Waals surface area contributed by atoms with Crippen LogP contribution in [0.1, 0.15) is 122 Å². The number of aryl methyl sites for hydroxylation is 1. The zero-order chi connectivity index (χ0) is 39.3. The summed E-state index contributed by atoms with van der Waals surface area (Å²) in [7, 11) is 0. The number of hydrogen-bond donors (Lipinski definition) is 4. The van der Waals surface area contributed by atoms with Crippen molar-refractivity contribution in [3.05, 3.63) is 49.1 Å². The number of ether oxygens (including phenoxy) is 4. The quantitative estimate of drug-likeness (QED) is 0.0325. The van der Waals surface area contributed by atoms with Crippen LogP contribution in [0.5, 0.6) is 11.5 Å². The van der Waals surface area contributed by atoms with Crippen LogP contribution in [-0.4, -0.2) is 61.2 Å². The minimum absolute atomic E-state index is 0.00685. The number of nitrogens with one attached hydrogen (secondary N) is 2. The molecule has 0 saturated carbocycles. The fourth-order valence-electron chi connectivity index (χ4n) is 5.15. The number of amides is 4. The fraction of sp³-hybridized carbons (Fsp3) is 0.590. The highest BCUT2D eigenvalue weighted by atomic mass is 16.6. The molecule has 1 aromatic carbocycles. The summed E-state index contributed by atoms with van der Waals surface area (Å²) in [6.07, 6.45) is 15.9. The van der Waals surface area contributed by atoms with Crippen LogP contribution in [0.2, 0.25) is 0 Å². The van der Waals surface area contributed by atoms with Gasteiger partial charge >= 0.3 is 24.1 Å². The summed E-state index contributed by atoms with van der Waals surface area (Å²) in [5.41, 5.74) is 12.6. The molecule has 0 unspecified atom stereocenters. The molecule has 2 atom stereocenters. The lowest BCUT2D eigenvalue weighted by atomic mass is 10.0. The third-order valence-electron chi connectivity index (χ3n) is 8.14. The van der Waals surface area contributed by atoms with Gasteiger partial charge in [0.15, 0.2) is 11.5 Å². The summed E-state index contributed by atoms with van der Waals surface area (Å²) in [4.78, 5) is 73.4. The molecule has 1 rings (SSSR count). The summed E-state index contributed by atoms with van der Waals surface area (Å²) in [6, 6.07) is 2.34. The summed E-state index contributed by atoms with van der Waals surface area (Å²) in [5.74, 6) is -3.26. The Hall–Kier alpha value is -4.56. The Morgan fingerprint density at radius 3 is 1.55 bits per heavy atom. The number of carbonyl (C=O) groups is 6. The van der Waals surface area contributed by atoms with Crippen molar-refractivity contribution in [2.45, 2.75) is 135 Å². The average Bonchev–Trinajstić information content (AvgIpc) is 3.13. The monoisotopic (exact) mass is 744 g/mol. The van der Waals surface area contributed by atoms with Gasteiger partial charge in [-0.15, -0.1) is 0 Å². The van der Waals surface area contributed by atoms with E-state index in [9.17, 15) is 28.8 Å². The molecule has 0 fully saturated rings. The van der Waals surface area contributed by atoms with Gasteiger partial charge in [0.1, 0.15) is 25.3 Å². The summed E-state index contributed by atoms with van der Waals surface area (Å²) in [5, 5.41) is 4.04. The number of benzene rings is 1. The molecular formula is C39H60N4O10. The van der Waals surface area contributed by atoms with Crippen LogP contribution in [-0.2, 0) is 35.1 Å². The second-order valence-corrected chi connectivity index (χ2v) is 12.7. The largest absolute Gasteiger partial charge is 0.445 e. The number of unbranched alkanes of at least 4 members (excludes halogenated alkanes) is 12. The number of alkyl carbamates (subject to hydrolysis) is 2. The van der Waals surface area contributed by atoms with Crippen molar-refractivity contribution < 1.29 is 47.7 Å². The third-order valence-corrected chi connectivity index (χ3v) is 8.14. The molecule has 1 aromatic rings. The van der Waals surface area contributed by atoms with E-state index >= 15 is 0 Å². The molecular weight excluding hydrogens is 684 g/mol. The minimum Gasteiger partial charge on any atom is -0.445 e. The topological polar surface area (TPSA) is 215 Å². The van der Waals surface area contributed by atoms with E-state index < -0.39 is 48.0 Å². The average molecular weight is 745 g/mol. The van der Waals surface area contributed by atoms with Crippen molar-refractivity contribution >= 4 is 35.9 Å². The predicted octanol–water partition coefficient (Wildman–Crippen LogP) is 6.22. The van der Waals surface area contributed by atoms with Gasteiger partial charge in [-0.2, -0.15) is 0 Å². The van der Waals surface area contributed by atoms with E-state index in [1.165, 1.54) is 76.0 Å². The van der Waals surface area contributed by atoms with Crippen molar-refractivity contribution in [1.29, 1.82) is 0 Å². The number of carbonyl (C=O) groups excluding carboxylic acids is 6. The van der Waals surface area contributed by atoms with E-state index in [4.69, 9.17) is 30.4 Å². The maximum Gasteiger partial charge on any atom is 0.414 e. The smallest absolute Gasteiger partial charge is 0.414 e. The Labute approximate surface area is 313 Å². The fourth-order valence-corrected chi connectivity index (χ4v) is 5.15. The lowest BCUT2D eigenvalue weighted by Crippen LogP contribution is -2.38. The van der Waals surface area contributed by atoms with Gasteiger partial charge in [-0.1, -0.05) is 121 Å². The van der Waals surface area contributed by atoms with E-state index in [0.717, 1.165) is 25.7 Å². The van der Waals surface area contributed by atoms with E-state index in [0.29, 0.717) is 12.0 Å². The molecule has 4 amide bonds. The first-order valence-electron chi connectivity index (χ1n) is 18.7. The Bertz CT molecular complexity index is 1320. The van der Waals surface area contributed by atoms with Crippen molar-refractivity contribution in [3.63, 3.8) is 0 Å². The number of para-hydroxylation sites is 1. The van der Waals surface area contributed by atoms with Gasteiger partial charge in [-0.25, -0.2) is 19.2 Å². The molecule has 0 heterocycles. The van der Waals surface area contributed by atoms with Crippen molar-refractivity contribution in [3.8, 4) is 11.5 Å². The van der Waals surface area contributed by atoms with Crippen LogP contribution >= 0.6 is 0 Å². The first-order valence-corrected chi connectivity index (χ1v) is 18.7. The third kappa shape index (κ3) is 22.2. The highest BCUT2D eigenvalue weighted by Gasteiger charge is 2.25. The summed E-state index contributed by atoms with van der Waals surface area (Å²) >= 11 is 0. The van der Waals surface area contributed by atoms with Gasteiger partial charge in [-0.05, 0) is 37.3 Å². The van der Waals surface area contributed by atoms with Crippen LogP contribution in [0.15, 0.2) is 43.5 Å². The molecule has 0 bridgehead atoms. The van der Waals surface area contributed by atoms with Crippen LogP contribution < -0.4 is 31.6 Å². The molecule has 296 valence electrons. The molecule has 14 nitrogen and oxygen atoms in total. The first-order chi connectivity index (χ1) is 25.5. The lowest BCUT2D eigenvalue weighted by molar-refractivity contribution is -0.139. The van der Waals surface area contributed by atoms with Gasteiger partial charge in [0.2, 0.25) is 11.8 Å². The predicted molar refractivity (Wildman–Crippen MR) is 201 cm³/mol. The minimum atomic E-state index is -1.25. The number of rotatable bonds is 28. The van der Waals surface area contributed by atoms with Gasteiger partial charge in [0, 0.05) is 12.8 Å². The zero-order valence-corrected chi connectivity index (χ0v) is 31.3. The number of hydrogen-bond acceptors (Lipinski definition) is 12. The van der Waals surface area contributed by atoms with Crippen molar-refractivity contribution in [2.75, 3.05) is 13.2 Å². The van der Waals surface area contributed by atoms with Gasteiger partial charge in [0.05, 0.1) is 0 Å². The molecule has 0 aliphatic carbocycles. The normalized spacial score (nSPS) is 11.8. The Kier molecular flexibility index (Phi) is 25.4. The van der Waals surface area contributed by atoms with Crippen LogP contribution in [0.4, 0.5) is 9.59 Å². The maximum atomic E-state index is 13.1. The van der Waals surface area contributed by atoms with Crippen molar-refractivity contribution in [2.24, 2.45) is 11.5 Å². The molecule has 14 heteroatoms. The van der Waals surface area contributed by atoms with Gasteiger partial charge in [-0.3, -0.25) is 20.2 Å². The summed E-state index contributed by atoms with van der Waals surface area (Å²) in [6.45, 7) is 8.90. The van der Waals surface area contributed by atoms with Crippen LogP contribution in [0.25, 0.3) is 0 Å². The molecule has 53 heavy (non-hydrogen) atoms. The Morgan fingerprint density at radius 2 is 1.09 bits per heavy atom. The standard InChI is InChI=1S/C39H60N4O10/c1-4-7-8-9-10-11-12-13-14-15-16-17-18-20-29-21-19-22-32(52-36(46)30(40)23-25-33(44)42-38(48)50-27-5-2)35(29)53-37(47)31(41)24-26-34(45)43-39(49)51-28-6-3/h5-6,19,21-22,30-31H,2-4,7-18,20,23-28,40-41H2,1H3,(H,42,44,48)(H,43,45,49)/t30-,31-/m0/s1. The molecule has 0 spiro atoms. The molecule has 0 radical (unpaired) electrons. The number of imide groups is 2. The molecule has 6 N–H and O–H groups in total. The van der Waals surface area contributed by atoms with E-state index in [1.54, 1.807) is 12.1 Å². The Morgan fingerprint density at radius 1 is 0.660 bits per heavy atom. The first kappa shape index (κ1) is 46.5. The SMILES string of the molecule is C=CCOC(=O)NC(=O)CC[C@H](N)C(=O)Oc1cccc(CCCCCCCCCCCCCCC)c1OC(=O)[C@@H](N)CCC(=O)NC(=O)OCC=C. The molecule has 0 saturated heterocycles. The number of nitrogens with two attached hydrogens (primary N) is 2. The number of esters is 2. The summed E-state index contributed by atoms with van der Waals surface area (Å²) < 4.78 is 20.6. The Balaban J connectivity index is 2.84. The van der Waals surface area contributed by atoms with E-state index in [2.05, 4.69) is 20.1 Å². The molecule has 0 aliphatic rings. The van der Waals surface area contributed by atoms with E-state index in [-0.39, 0.29) is 50.4 Å². The van der Waals surface area contributed by atoms with Gasteiger partial charge < -0.3 is 30.4 Å². The maximum absolute atomic E-state index is 13.1. The van der Waals surface area contributed by atoms with Crippen LogP contribution in [0.3, 0.4) is 0 Å². The second-order valence-electron chi connectivity index (χ2n) is 12.7. The van der Waals surface area contributed by atoms with E-state index in [1.807, 2.05) is 10.6 Å². The zero-order valence-electron chi connectivity index (χ0n) is 31.3. The highest BCUT2D eigenvalue weighted by Crippen LogP contribution is 2.33. The van der Waals surface area contributed by atoms with Crippen LogP contribution in [0, 0.1) is 0 Å².